The average Bonchev–Trinajstić information content (AvgIpc) is 2.71. The van der Waals surface area contributed by atoms with E-state index in [-0.39, 0.29) is 11.5 Å². The fourth-order valence-corrected chi connectivity index (χ4v) is 2.36. The van der Waals surface area contributed by atoms with Crippen molar-refractivity contribution in [3.05, 3.63) is 45.8 Å². The number of H-pyrrole nitrogens is 1. The first kappa shape index (κ1) is 14.8. The molecule has 0 unspecified atom stereocenters. The Labute approximate surface area is 122 Å². The van der Waals surface area contributed by atoms with Crippen LogP contribution in [0.15, 0.2) is 12.1 Å². The Morgan fingerprint density at radius 2 is 1.86 bits per heavy atom. The second kappa shape index (κ2) is 5.40. The number of aryl methyl sites for hydroxylation is 4. The molecule has 6 nitrogen and oxygen atoms in total. The Balaban J connectivity index is 2.45. The standard InChI is InChI=1S/C15H17N3O3/c1-7-5-8(2)13(11(6-7)15(20)21)16-14(19)12-9(3)17-18-10(12)4/h5-6H,1-4H3,(H,16,19)(H,17,18)(H,20,21). The highest BCUT2D eigenvalue weighted by Gasteiger charge is 2.20. The maximum absolute atomic E-state index is 12.4. The van der Waals surface area contributed by atoms with E-state index in [1.165, 1.54) is 0 Å². The molecule has 0 saturated heterocycles. The van der Waals surface area contributed by atoms with Gasteiger partial charge < -0.3 is 10.4 Å². The number of hydrogen-bond donors (Lipinski definition) is 3. The molecule has 6 heteroatoms. The molecule has 1 aromatic carbocycles. The number of nitrogens with one attached hydrogen (secondary N) is 2. The molecule has 1 amide bonds. The zero-order chi connectivity index (χ0) is 15.7. The number of rotatable bonds is 3. The van der Waals surface area contributed by atoms with E-state index in [1.54, 1.807) is 26.8 Å². The van der Waals surface area contributed by atoms with Gasteiger partial charge in [0.05, 0.1) is 22.5 Å². The summed E-state index contributed by atoms with van der Waals surface area (Å²) in [5.41, 5.74) is 3.60. The molecule has 0 atom stereocenters. The largest absolute Gasteiger partial charge is 0.478 e. The fourth-order valence-electron chi connectivity index (χ4n) is 2.36. The predicted octanol–water partition coefficient (Wildman–Crippen LogP) is 2.59. The number of nitrogens with zero attached hydrogens (tertiary/aromatic N) is 1. The number of anilines is 1. The van der Waals surface area contributed by atoms with Gasteiger partial charge in [-0.1, -0.05) is 6.07 Å². The Kier molecular flexibility index (Phi) is 3.80. The van der Waals surface area contributed by atoms with E-state index in [2.05, 4.69) is 15.5 Å². The first-order valence-electron chi connectivity index (χ1n) is 6.48. The first-order chi connectivity index (χ1) is 9.81. The lowest BCUT2D eigenvalue weighted by molar-refractivity contribution is 0.0698. The molecule has 0 bridgehead atoms. The summed E-state index contributed by atoms with van der Waals surface area (Å²) in [5, 5.41) is 18.7. The van der Waals surface area contributed by atoms with Gasteiger partial charge in [0.15, 0.2) is 0 Å². The summed E-state index contributed by atoms with van der Waals surface area (Å²) in [6.07, 6.45) is 0. The van der Waals surface area contributed by atoms with Crippen LogP contribution in [0.25, 0.3) is 0 Å². The van der Waals surface area contributed by atoms with Gasteiger partial charge in [0.2, 0.25) is 0 Å². The van der Waals surface area contributed by atoms with Gasteiger partial charge in [-0.25, -0.2) is 4.79 Å². The SMILES string of the molecule is Cc1cc(C)c(NC(=O)c2c(C)n[nH]c2C)c(C(=O)O)c1. The van der Waals surface area contributed by atoms with Crippen LogP contribution in [0.5, 0.6) is 0 Å². The van der Waals surface area contributed by atoms with Crippen molar-refractivity contribution >= 4 is 17.6 Å². The summed E-state index contributed by atoms with van der Waals surface area (Å²) in [7, 11) is 0. The van der Waals surface area contributed by atoms with Crippen molar-refractivity contribution < 1.29 is 14.7 Å². The number of carboxylic acid groups (broad SMARTS) is 1. The van der Waals surface area contributed by atoms with Crippen LogP contribution in [0, 0.1) is 27.7 Å². The van der Waals surface area contributed by atoms with Crippen LogP contribution in [0.4, 0.5) is 5.69 Å². The highest BCUT2D eigenvalue weighted by Crippen LogP contribution is 2.24. The molecule has 2 aromatic rings. The normalized spacial score (nSPS) is 10.5. The van der Waals surface area contributed by atoms with Crippen molar-refractivity contribution in [3.63, 3.8) is 0 Å². The van der Waals surface area contributed by atoms with Gasteiger partial charge in [-0.2, -0.15) is 5.10 Å². The lowest BCUT2D eigenvalue weighted by Gasteiger charge is -2.13. The molecule has 0 fully saturated rings. The maximum atomic E-state index is 12.4. The number of carbonyl (C=O) groups is 2. The fraction of sp³-hybridized carbons (Fsp3) is 0.267. The molecule has 0 aliphatic rings. The van der Waals surface area contributed by atoms with Crippen LogP contribution in [0.1, 0.15) is 43.2 Å². The molecule has 0 aliphatic heterocycles. The summed E-state index contributed by atoms with van der Waals surface area (Å²) in [4.78, 5) is 23.7. The van der Waals surface area contributed by atoms with E-state index < -0.39 is 5.97 Å². The van der Waals surface area contributed by atoms with Crippen molar-refractivity contribution in [2.24, 2.45) is 0 Å². The maximum Gasteiger partial charge on any atom is 0.337 e. The molecule has 0 spiro atoms. The van der Waals surface area contributed by atoms with Gasteiger partial charge in [0, 0.05) is 5.69 Å². The van der Waals surface area contributed by atoms with Crippen molar-refractivity contribution in [2.45, 2.75) is 27.7 Å². The van der Waals surface area contributed by atoms with Crippen molar-refractivity contribution in [2.75, 3.05) is 5.32 Å². The minimum absolute atomic E-state index is 0.0830. The molecule has 3 N–H and O–H groups in total. The molecule has 1 aromatic heterocycles. The summed E-state index contributed by atoms with van der Waals surface area (Å²) >= 11 is 0. The minimum Gasteiger partial charge on any atom is -0.478 e. The van der Waals surface area contributed by atoms with Gasteiger partial charge in [-0.3, -0.25) is 9.89 Å². The Hall–Kier alpha value is -2.63. The van der Waals surface area contributed by atoms with Crippen molar-refractivity contribution in [3.8, 4) is 0 Å². The van der Waals surface area contributed by atoms with Crippen LogP contribution in [-0.4, -0.2) is 27.2 Å². The molecule has 2 rings (SSSR count). The number of amides is 1. The number of carboxylic acids is 1. The van der Waals surface area contributed by atoms with E-state index in [9.17, 15) is 14.7 Å². The number of aromatic nitrogens is 2. The predicted molar refractivity (Wildman–Crippen MR) is 78.9 cm³/mol. The first-order valence-corrected chi connectivity index (χ1v) is 6.48. The van der Waals surface area contributed by atoms with Gasteiger partial charge in [0.1, 0.15) is 0 Å². The van der Waals surface area contributed by atoms with Crippen LogP contribution >= 0.6 is 0 Å². The highest BCUT2D eigenvalue weighted by atomic mass is 16.4. The van der Waals surface area contributed by atoms with Gasteiger partial charge in [-0.15, -0.1) is 0 Å². The van der Waals surface area contributed by atoms with Gasteiger partial charge in [0.25, 0.3) is 5.91 Å². The summed E-state index contributed by atoms with van der Waals surface area (Å²) in [6, 6.07) is 3.37. The smallest absolute Gasteiger partial charge is 0.337 e. The Morgan fingerprint density at radius 1 is 1.19 bits per heavy atom. The quantitative estimate of drug-likeness (QED) is 0.808. The third kappa shape index (κ3) is 2.79. The van der Waals surface area contributed by atoms with Crippen molar-refractivity contribution in [1.82, 2.24) is 10.2 Å². The van der Waals surface area contributed by atoms with Gasteiger partial charge >= 0.3 is 5.97 Å². The lowest BCUT2D eigenvalue weighted by Crippen LogP contribution is -2.17. The molecule has 0 aliphatic carbocycles. The van der Waals surface area contributed by atoms with Crippen molar-refractivity contribution in [1.29, 1.82) is 0 Å². The third-order valence-electron chi connectivity index (χ3n) is 3.30. The minimum atomic E-state index is -1.07. The highest BCUT2D eigenvalue weighted by molar-refractivity contribution is 6.09. The average molecular weight is 287 g/mol. The molecule has 110 valence electrons. The van der Waals surface area contributed by atoms with Crippen LogP contribution in [-0.2, 0) is 0 Å². The molecule has 0 radical (unpaired) electrons. The van der Waals surface area contributed by atoms with E-state index in [4.69, 9.17) is 0 Å². The topological polar surface area (TPSA) is 95.1 Å². The van der Waals surface area contributed by atoms with E-state index in [0.717, 1.165) is 5.56 Å². The molecule has 1 heterocycles. The second-order valence-corrected chi connectivity index (χ2v) is 5.07. The van der Waals surface area contributed by atoms with Crippen LogP contribution in [0.3, 0.4) is 0 Å². The number of aromatic amines is 1. The van der Waals surface area contributed by atoms with Gasteiger partial charge in [-0.05, 0) is 44.9 Å². The Bertz CT molecular complexity index is 713. The summed E-state index contributed by atoms with van der Waals surface area (Å²) < 4.78 is 0. The number of carbonyl (C=O) groups excluding carboxylic acids is 1. The molecular weight excluding hydrogens is 270 g/mol. The Morgan fingerprint density at radius 3 is 2.38 bits per heavy atom. The second-order valence-electron chi connectivity index (χ2n) is 5.07. The zero-order valence-corrected chi connectivity index (χ0v) is 12.4. The molecular formula is C15H17N3O3. The summed E-state index contributed by atoms with van der Waals surface area (Å²) in [6.45, 7) is 7.05. The molecule has 21 heavy (non-hydrogen) atoms. The van der Waals surface area contributed by atoms with E-state index >= 15 is 0 Å². The lowest BCUT2D eigenvalue weighted by atomic mass is 10.0. The van der Waals surface area contributed by atoms with Crippen LogP contribution < -0.4 is 5.32 Å². The summed E-state index contributed by atoms with van der Waals surface area (Å²) in [5.74, 6) is -1.44. The van der Waals surface area contributed by atoms with E-state index in [0.29, 0.717) is 28.2 Å². The monoisotopic (exact) mass is 287 g/mol. The zero-order valence-electron chi connectivity index (χ0n) is 12.4. The van der Waals surface area contributed by atoms with E-state index in [1.807, 2.05) is 13.0 Å². The molecule has 0 saturated carbocycles. The number of hydrogen-bond acceptors (Lipinski definition) is 3. The number of aromatic carboxylic acids is 1. The number of benzene rings is 1. The van der Waals surface area contributed by atoms with Crippen LogP contribution in [0.2, 0.25) is 0 Å². The third-order valence-corrected chi connectivity index (χ3v) is 3.30.